The molecule has 2 aromatic rings. The van der Waals surface area contributed by atoms with Crippen molar-refractivity contribution in [1.82, 2.24) is 0 Å². The summed E-state index contributed by atoms with van der Waals surface area (Å²) in [7, 11) is 0. The average molecular weight is 340 g/mol. The zero-order chi connectivity index (χ0) is 18.1. The van der Waals surface area contributed by atoms with E-state index in [4.69, 9.17) is 9.47 Å². The second kappa shape index (κ2) is 10.00. The summed E-state index contributed by atoms with van der Waals surface area (Å²) in [6.45, 7) is 7.02. The van der Waals surface area contributed by atoms with Crippen LogP contribution < -0.4 is 4.74 Å². The quantitative estimate of drug-likeness (QED) is 0.431. The van der Waals surface area contributed by atoms with E-state index in [-0.39, 0.29) is 12.1 Å². The Morgan fingerprint density at radius 2 is 1.64 bits per heavy atom. The summed E-state index contributed by atoms with van der Waals surface area (Å²) in [5.74, 6) is 0.240. The zero-order valence-electron chi connectivity index (χ0n) is 15.5. The first kappa shape index (κ1) is 19.2. The van der Waals surface area contributed by atoms with Gasteiger partial charge in [0, 0.05) is 6.61 Å². The van der Waals surface area contributed by atoms with Gasteiger partial charge in [-0.05, 0) is 61.6 Å². The Balaban J connectivity index is 1.94. The summed E-state index contributed by atoms with van der Waals surface area (Å²) in [5, 5.41) is 0. The van der Waals surface area contributed by atoms with Crippen LogP contribution in [-0.4, -0.2) is 12.6 Å². The maximum Gasteiger partial charge on any atom is 0.343 e. The lowest BCUT2D eigenvalue weighted by atomic mass is 10.1. The molecule has 0 aliphatic rings. The molecular weight excluding hydrogens is 312 g/mol. The molecule has 0 amide bonds. The summed E-state index contributed by atoms with van der Waals surface area (Å²) < 4.78 is 11.2. The summed E-state index contributed by atoms with van der Waals surface area (Å²) in [5.41, 5.74) is 2.87. The lowest BCUT2D eigenvalue weighted by Crippen LogP contribution is -2.09. The van der Waals surface area contributed by atoms with E-state index < -0.39 is 0 Å². The zero-order valence-corrected chi connectivity index (χ0v) is 15.5. The van der Waals surface area contributed by atoms with Gasteiger partial charge in [0.25, 0.3) is 0 Å². The Labute approximate surface area is 151 Å². The predicted octanol–water partition coefficient (Wildman–Crippen LogP) is 5.74. The largest absolute Gasteiger partial charge is 0.423 e. The van der Waals surface area contributed by atoms with Gasteiger partial charge in [-0.2, -0.15) is 0 Å². The molecule has 0 bridgehead atoms. The monoisotopic (exact) mass is 340 g/mol. The van der Waals surface area contributed by atoms with Crippen molar-refractivity contribution in [1.29, 1.82) is 0 Å². The normalized spacial score (nSPS) is 12.0. The number of carbonyl (C=O) groups is 1. The van der Waals surface area contributed by atoms with Gasteiger partial charge in [-0.1, -0.05) is 44.5 Å². The topological polar surface area (TPSA) is 35.5 Å². The molecule has 134 valence electrons. The lowest BCUT2D eigenvalue weighted by molar-refractivity contribution is 0.0660. The minimum atomic E-state index is -0.338. The molecule has 0 saturated heterocycles. The Hall–Kier alpha value is -2.13. The number of rotatable bonds is 9. The highest BCUT2D eigenvalue weighted by Crippen LogP contribution is 2.19. The Morgan fingerprint density at radius 3 is 2.24 bits per heavy atom. The minimum absolute atomic E-state index is 0.0284. The van der Waals surface area contributed by atoms with Gasteiger partial charge < -0.3 is 9.47 Å². The number of aryl methyl sites for hydroxylation is 1. The van der Waals surface area contributed by atoms with Crippen molar-refractivity contribution >= 4 is 5.97 Å². The van der Waals surface area contributed by atoms with Crippen LogP contribution in [0.2, 0.25) is 0 Å². The minimum Gasteiger partial charge on any atom is -0.423 e. The second-order valence-electron chi connectivity index (χ2n) is 6.27. The molecule has 1 atom stereocenters. The van der Waals surface area contributed by atoms with Crippen LogP contribution in [0.4, 0.5) is 0 Å². The molecule has 0 spiro atoms. The van der Waals surface area contributed by atoms with Crippen LogP contribution in [0.1, 0.15) is 67.6 Å². The molecule has 0 heterocycles. The Bertz CT molecular complexity index is 644. The third-order valence-electron chi connectivity index (χ3n) is 4.14. The molecule has 2 rings (SSSR count). The number of carbonyl (C=O) groups excluding carboxylic acids is 1. The smallest absolute Gasteiger partial charge is 0.343 e. The highest BCUT2D eigenvalue weighted by molar-refractivity contribution is 5.91. The van der Waals surface area contributed by atoms with Crippen molar-refractivity contribution in [2.24, 2.45) is 0 Å². The fraction of sp³-hybridized carbons (Fsp3) is 0.409. The molecule has 3 nitrogen and oxygen atoms in total. The van der Waals surface area contributed by atoms with E-state index in [0.717, 1.165) is 25.0 Å². The Kier molecular flexibility index (Phi) is 7.68. The van der Waals surface area contributed by atoms with Crippen LogP contribution in [0.25, 0.3) is 0 Å². The maximum atomic E-state index is 12.3. The summed E-state index contributed by atoms with van der Waals surface area (Å²) in [4.78, 5) is 12.3. The van der Waals surface area contributed by atoms with E-state index >= 15 is 0 Å². The number of ether oxygens (including phenoxy) is 2. The number of unbranched alkanes of at least 4 members (excludes halogenated alkanes) is 1. The van der Waals surface area contributed by atoms with E-state index in [1.165, 1.54) is 18.4 Å². The van der Waals surface area contributed by atoms with Crippen LogP contribution in [0.5, 0.6) is 5.75 Å². The predicted molar refractivity (Wildman–Crippen MR) is 101 cm³/mol. The van der Waals surface area contributed by atoms with Gasteiger partial charge in [-0.3, -0.25) is 0 Å². The van der Waals surface area contributed by atoms with E-state index in [2.05, 4.69) is 13.8 Å². The molecule has 0 aliphatic carbocycles. The van der Waals surface area contributed by atoms with Crippen molar-refractivity contribution in [3.63, 3.8) is 0 Å². The molecule has 1 unspecified atom stereocenters. The summed E-state index contributed by atoms with van der Waals surface area (Å²) >= 11 is 0. The van der Waals surface area contributed by atoms with E-state index in [0.29, 0.717) is 11.3 Å². The summed E-state index contributed by atoms with van der Waals surface area (Å²) in [6, 6.07) is 15.2. The van der Waals surface area contributed by atoms with Crippen LogP contribution in [0.3, 0.4) is 0 Å². The highest BCUT2D eigenvalue weighted by atomic mass is 16.5. The first-order valence-electron chi connectivity index (χ1n) is 9.16. The van der Waals surface area contributed by atoms with Crippen LogP contribution >= 0.6 is 0 Å². The first-order valence-corrected chi connectivity index (χ1v) is 9.16. The molecule has 3 heteroatoms. The van der Waals surface area contributed by atoms with Crippen LogP contribution in [0, 0.1) is 0 Å². The van der Waals surface area contributed by atoms with Gasteiger partial charge in [0.05, 0.1) is 11.7 Å². The third-order valence-corrected chi connectivity index (χ3v) is 4.14. The number of benzene rings is 2. The molecule has 0 saturated carbocycles. The SMILES string of the molecule is CCCCc1ccc(OC(=O)c2ccc(C(C)OCCC)cc2)cc1. The molecule has 0 aliphatic heterocycles. The highest BCUT2D eigenvalue weighted by Gasteiger charge is 2.11. The molecule has 0 fully saturated rings. The average Bonchev–Trinajstić information content (AvgIpc) is 2.65. The van der Waals surface area contributed by atoms with Crippen LogP contribution in [0.15, 0.2) is 48.5 Å². The molecule has 0 radical (unpaired) electrons. The van der Waals surface area contributed by atoms with Gasteiger partial charge >= 0.3 is 5.97 Å². The fourth-order valence-corrected chi connectivity index (χ4v) is 2.55. The van der Waals surface area contributed by atoms with Gasteiger partial charge in [-0.15, -0.1) is 0 Å². The maximum absolute atomic E-state index is 12.3. The number of esters is 1. The molecular formula is C22H28O3. The van der Waals surface area contributed by atoms with Crippen molar-refractivity contribution in [2.75, 3.05) is 6.61 Å². The van der Waals surface area contributed by atoms with E-state index in [9.17, 15) is 4.79 Å². The standard InChI is InChI=1S/C22H28O3/c1-4-6-7-18-8-14-21(15-9-18)25-22(23)20-12-10-19(11-13-20)17(3)24-16-5-2/h8-15,17H,4-7,16H2,1-3H3. The summed E-state index contributed by atoms with van der Waals surface area (Å²) in [6.07, 6.45) is 4.43. The third kappa shape index (κ3) is 6.02. The van der Waals surface area contributed by atoms with E-state index in [1.54, 1.807) is 12.1 Å². The van der Waals surface area contributed by atoms with Crippen molar-refractivity contribution in [3.05, 3.63) is 65.2 Å². The molecule has 25 heavy (non-hydrogen) atoms. The van der Waals surface area contributed by atoms with Crippen molar-refractivity contribution in [2.45, 2.75) is 52.6 Å². The van der Waals surface area contributed by atoms with Gasteiger partial charge in [0.15, 0.2) is 0 Å². The van der Waals surface area contributed by atoms with Crippen molar-refractivity contribution < 1.29 is 14.3 Å². The molecule has 2 aromatic carbocycles. The Morgan fingerprint density at radius 1 is 0.960 bits per heavy atom. The number of hydrogen-bond acceptors (Lipinski definition) is 3. The fourth-order valence-electron chi connectivity index (χ4n) is 2.55. The first-order chi connectivity index (χ1) is 12.1. The lowest BCUT2D eigenvalue weighted by Gasteiger charge is -2.13. The van der Waals surface area contributed by atoms with E-state index in [1.807, 2.05) is 43.3 Å². The van der Waals surface area contributed by atoms with Crippen LogP contribution in [-0.2, 0) is 11.2 Å². The van der Waals surface area contributed by atoms with Gasteiger partial charge in [0.2, 0.25) is 0 Å². The molecule has 0 N–H and O–H groups in total. The second-order valence-corrected chi connectivity index (χ2v) is 6.27. The van der Waals surface area contributed by atoms with Gasteiger partial charge in [-0.25, -0.2) is 4.79 Å². The van der Waals surface area contributed by atoms with Crippen molar-refractivity contribution in [3.8, 4) is 5.75 Å². The van der Waals surface area contributed by atoms with Gasteiger partial charge in [0.1, 0.15) is 5.75 Å². The molecule has 0 aromatic heterocycles. The number of hydrogen-bond donors (Lipinski definition) is 0.